The Morgan fingerprint density at radius 2 is 1.79 bits per heavy atom. The second kappa shape index (κ2) is 7.14. The fourth-order valence-electron chi connectivity index (χ4n) is 2.22. The lowest BCUT2D eigenvalue weighted by Gasteiger charge is -2.08. The van der Waals surface area contributed by atoms with Crippen LogP contribution < -0.4 is 10.4 Å². The molecule has 3 rings (SSSR count). The number of carboxylic acids is 1. The van der Waals surface area contributed by atoms with E-state index in [1.165, 1.54) is 36.0 Å². The van der Waals surface area contributed by atoms with Crippen molar-refractivity contribution in [3.8, 4) is 0 Å². The molecule has 0 unspecified atom stereocenters. The zero-order valence-electron chi connectivity index (χ0n) is 12.6. The van der Waals surface area contributed by atoms with Crippen LogP contribution in [0, 0.1) is 0 Å². The SMILES string of the molecule is O=C(CSc1cccc2cccnc12)Nc1ccc(C(=O)[O-])cc1. The summed E-state index contributed by atoms with van der Waals surface area (Å²) in [5, 5.41) is 14.5. The number of hydrogen-bond acceptors (Lipinski definition) is 5. The van der Waals surface area contributed by atoms with Gasteiger partial charge in [-0.1, -0.05) is 30.3 Å². The van der Waals surface area contributed by atoms with Gasteiger partial charge in [0.05, 0.1) is 17.2 Å². The van der Waals surface area contributed by atoms with Crippen molar-refractivity contribution in [1.82, 2.24) is 4.98 Å². The Kier molecular flexibility index (Phi) is 4.77. The second-order valence-corrected chi connectivity index (χ2v) is 6.05. The highest BCUT2D eigenvalue weighted by Crippen LogP contribution is 2.26. The van der Waals surface area contributed by atoms with Gasteiger partial charge in [-0.25, -0.2) is 0 Å². The van der Waals surface area contributed by atoms with Crippen LogP contribution in [-0.2, 0) is 4.79 Å². The molecule has 0 fully saturated rings. The van der Waals surface area contributed by atoms with E-state index < -0.39 is 5.97 Å². The monoisotopic (exact) mass is 337 g/mol. The van der Waals surface area contributed by atoms with Crippen LogP contribution in [-0.4, -0.2) is 22.6 Å². The highest BCUT2D eigenvalue weighted by molar-refractivity contribution is 8.00. The van der Waals surface area contributed by atoms with Crippen LogP contribution in [0.3, 0.4) is 0 Å². The summed E-state index contributed by atoms with van der Waals surface area (Å²) in [7, 11) is 0. The molecule has 6 heteroatoms. The summed E-state index contributed by atoms with van der Waals surface area (Å²) in [5.41, 5.74) is 1.49. The maximum absolute atomic E-state index is 12.1. The Hall–Kier alpha value is -2.86. The highest BCUT2D eigenvalue weighted by Gasteiger charge is 2.07. The number of anilines is 1. The molecule has 1 amide bonds. The maximum Gasteiger partial charge on any atom is 0.234 e. The third kappa shape index (κ3) is 3.72. The molecule has 0 aliphatic carbocycles. The Bertz CT molecular complexity index is 889. The molecule has 0 atom stereocenters. The Morgan fingerprint density at radius 1 is 1.04 bits per heavy atom. The van der Waals surface area contributed by atoms with Gasteiger partial charge in [-0.3, -0.25) is 9.78 Å². The van der Waals surface area contributed by atoms with E-state index in [-0.39, 0.29) is 17.2 Å². The van der Waals surface area contributed by atoms with Crippen molar-refractivity contribution in [2.45, 2.75) is 4.90 Å². The van der Waals surface area contributed by atoms with E-state index in [2.05, 4.69) is 10.3 Å². The maximum atomic E-state index is 12.1. The number of para-hydroxylation sites is 1. The lowest BCUT2D eigenvalue weighted by Crippen LogP contribution is -2.22. The van der Waals surface area contributed by atoms with Gasteiger partial charge in [0.1, 0.15) is 0 Å². The largest absolute Gasteiger partial charge is 0.545 e. The van der Waals surface area contributed by atoms with Crippen molar-refractivity contribution in [2.24, 2.45) is 0 Å². The van der Waals surface area contributed by atoms with Crippen LogP contribution in [0.15, 0.2) is 65.7 Å². The molecule has 1 N–H and O–H groups in total. The van der Waals surface area contributed by atoms with Gasteiger partial charge in [-0.2, -0.15) is 0 Å². The van der Waals surface area contributed by atoms with E-state index in [1.807, 2.05) is 30.3 Å². The molecule has 0 saturated carbocycles. The van der Waals surface area contributed by atoms with Gasteiger partial charge in [0.15, 0.2) is 0 Å². The summed E-state index contributed by atoms with van der Waals surface area (Å²) in [6.07, 6.45) is 1.73. The lowest BCUT2D eigenvalue weighted by molar-refractivity contribution is -0.255. The molecule has 24 heavy (non-hydrogen) atoms. The number of nitrogens with zero attached hydrogens (tertiary/aromatic N) is 1. The third-order valence-electron chi connectivity index (χ3n) is 3.36. The molecule has 0 saturated heterocycles. The smallest absolute Gasteiger partial charge is 0.234 e. The summed E-state index contributed by atoms with van der Waals surface area (Å²) in [6, 6.07) is 15.6. The third-order valence-corrected chi connectivity index (χ3v) is 4.41. The molecule has 0 aliphatic heterocycles. The average Bonchev–Trinajstić information content (AvgIpc) is 2.60. The second-order valence-electron chi connectivity index (χ2n) is 5.03. The number of thioether (sulfide) groups is 1. The summed E-state index contributed by atoms with van der Waals surface area (Å²) in [5.74, 6) is -1.18. The van der Waals surface area contributed by atoms with E-state index in [0.29, 0.717) is 5.69 Å². The molecule has 3 aromatic rings. The molecule has 0 bridgehead atoms. The van der Waals surface area contributed by atoms with Crippen LogP contribution in [0.1, 0.15) is 10.4 Å². The number of amides is 1. The number of pyridine rings is 1. The number of carbonyl (C=O) groups excluding carboxylic acids is 2. The molecule has 5 nitrogen and oxygen atoms in total. The first kappa shape index (κ1) is 16.0. The molecule has 2 aromatic carbocycles. The number of aromatic carboxylic acids is 1. The Labute approximate surface area is 142 Å². The molecule has 0 radical (unpaired) electrons. The van der Waals surface area contributed by atoms with Crippen molar-refractivity contribution >= 4 is 40.2 Å². The summed E-state index contributed by atoms with van der Waals surface area (Å²) in [4.78, 5) is 28.0. The number of fused-ring (bicyclic) bond motifs is 1. The highest BCUT2D eigenvalue weighted by atomic mass is 32.2. The number of benzene rings is 2. The molecule has 0 aliphatic rings. The number of rotatable bonds is 5. The molecular formula is C18H13N2O3S-. The van der Waals surface area contributed by atoms with E-state index in [1.54, 1.807) is 6.20 Å². The number of hydrogen-bond donors (Lipinski definition) is 1. The van der Waals surface area contributed by atoms with Crippen molar-refractivity contribution in [3.63, 3.8) is 0 Å². The standard InChI is InChI=1S/C18H14N2O3S/c21-16(20-14-8-6-13(7-9-14)18(22)23)11-24-15-5-1-3-12-4-2-10-19-17(12)15/h1-10H,11H2,(H,20,21)(H,22,23)/p-1. The molecule has 1 aromatic heterocycles. The number of carbonyl (C=O) groups is 2. The Balaban J connectivity index is 1.64. The molecular weight excluding hydrogens is 324 g/mol. The van der Waals surface area contributed by atoms with E-state index in [0.717, 1.165) is 15.8 Å². The lowest BCUT2D eigenvalue weighted by atomic mass is 10.2. The van der Waals surface area contributed by atoms with Gasteiger partial charge >= 0.3 is 0 Å². The van der Waals surface area contributed by atoms with Crippen LogP contribution in [0.25, 0.3) is 10.9 Å². The number of carboxylic acid groups (broad SMARTS) is 1. The van der Waals surface area contributed by atoms with Crippen molar-refractivity contribution in [1.29, 1.82) is 0 Å². The van der Waals surface area contributed by atoms with Crippen LogP contribution in [0.4, 0.5) is 5.69 Å². The summed E-state index contributed by atoms with van der Waals surface area (Å²) in [6.45, 7) is 0. The van der Waals surface area contributed by atoms with Crippen LogP contribution in [0.2, 0.25) is 0 Å². The topological polar surface area (TPSA) is 82.1 Å². The zero-order valence-corrected chi connectivity index (χ0v) is 13.4. The molecule has 1 heterocycles. The van der Waals surface area contributed by atoms with Gasteiger partial charge in [0, 0.05) is 22.2 Å². The zero-order chi connectivity index (χ0) is 16.9. The van der Waals surface area contributed by atoms with Gasteiger partial charge in [-0.15, -0.1) is 11.8 Å². The molecule has 120 valence electrons. The predicted octanol–water partition coefficient (Wildman–Crippen LogP) is 2.33. The fraction of sp³-hybridized carbons (Fsp3) is 0.0556. The minimum atomic E-state index is -1.24. The van der Waals surface area contributed by atoms with Crippen molar-refractivity contribution in [2.75, 3.05) is 11.1 Å². The van der Waals surface area contributed by atoms with Crippen LogP contribution in [0.5, 0.6) is 0 Å². The summed E-state index contributed by atoms with van der Waals surface area (Å²) < 4.78 is 0. The first-order valence-electron chi connectivity index (χ1n) is 7.21. The van der Waals surface area contributed by atoms with Gasteiger partial charge in [0.2, 0.25) is 5.91 Å². The van der Waals surface area contributed by atoms with E-state index in [9.17, 15) is 14.7 Å². The molecule has 0 spiro atoms. The predicted molar refractivity (Wildman–Crippen MR) is 91.9 cm³/mol. The van der Waals surface area contributed by atoms with Crippen molar-refractivity contribution in [3.05, 3.63) is 66.4 Å². The minimum absolute atomic E-state index is 0.0733. The fourth-order valence-corrected chi connectivity index (χ4v) is 3.06. The van der Waals surface area contributed by atoms with Crippen LogP contribution >= 0.6 is 11.8 Å². The Morgan fingerprint density at radius 3 is 2.54 bits per heavy atom. The van der Waals surface area contributed by atoms with Gasteiger partial charge < -0.3 is 15.2 Å². The van der Waals surface area contributed by atoms with Gasteiger partial charge in [-0.05, 0) is 29.8 Å². The van der Waals surface area contributed by atoms with Crippen molar-refractivity contribution < 1.29 is 14.7 Å². The minimum Gasteiger partial charge on any atom is -0.545 e. The normalized spacial score (nSPS) is 10.5. The summed E-state index contributed by atoms with van der Waals surface area (Å²) >= 11 is 1.41. The van der Waals surface area contributed by atoms with E-state index in [4.69, 9.17) is 0 Å². The first-order valence-corrected chi connectivity index (χ1v) is 8.20. The number of aromatic nitrogens is 1. The number of nitrogens with one attached hydrogen (secondary N) is 1. The van der Waals surface area contributed by atoms with E-state index >= 15 is 0 Å². The average molecular weight is 337 g/mol. The first-order chi connectivity index (χ1) is 11.6. The quantitative estimate of drug-likeness (QED) is 0.723. The van der Waals surface area contributed by atoms with Gasteiger partial charge in [0.25, 0.3) is 0 Å².